The second-order valence-electron chi connectivity index (χ2n) is 8.45. The van der Waals surface area contributed by atoms with Crippen LogP contribution in [-0.4, -0.2) is 52.9 Å². The van der Waals surface area contributed by atoms with Crippen molar-refractivity contribution in [1.82, 2.24) is 14.9 Å². The number of pyridine rings is 1. The maximum Gasteiger partial charge on any atom is 0.248 e. The third kappa shape index (κ3) is 7.33. The maximum absolute atomic E-state index is 13.5. The summed E-state index contributed by atoms with van der Waals surface area (Å²) in [6.07, 6.45) is 5.06. The first-order valence-electron chi connectivity index (χ1n) is 11.6. The van der Waals surface area contributed by atoms with Crippen molar-refractivity contribution < 1.29 is 18.8 Å². The van der Waals surface area contributed by atoms with E-state index in [4.69, 9.17) is 4.84 Å². The normalized spacial score (nSPS) is 16.7. The Morgan fingerprint density at radius 2 is 2.06 bits per heavy atom. The monoisotopic (exact) mass is 456 g/mol. The molecule has 0 radical (unpaired) electrons. The molecule has 0 aliphatic carbocycles. The van der Waals surface area contributed by atoms with E-state index in [-0.39, 0.29) is 23.6 Å². The Labute approximate surface area is 194 Å². The Bertz CT molecular complexity index is 894. The highest BCUT2D eigenvalue weighted by atomic mass is 19.1. The molecular formula is C25H33FN4O3. The van der Waals surface area contributed by atoms with Crippen LogP contribution in [0.4, 0.5) is 10.2 Å². The molecular weight excluding hydrogens is 423 g/mol. The van der Waals surface area contributed by atoms with Gasteiger partial charge in [0.25, 0.3) is 0 Å². The molecule has 3 rings (SSSR count). The van der Waals surface area contributed by atoms with Crippen LogP contribution in [0.25, 0.3) is 0 Å². The summed E-state index contributed by atoms with van der Waals surface area (Å²) in [5.74, 6) is -0.769. The number of nitrogens with zero attached hydrogens (tertiary/aromatic N) is 3. The summed E-state index contributed by atoms with van der Waals surface area (Å²) in [6, 6.07) is 12.0. The van der Waals surface area contributed by atoms with Gasteiger partial charge in [-0.25, -0.2) is 9.37 Å². The summed E-state index contributed by atoms with van der Waals surface area (Å²) in [7, 11) is 1.84. The van der Waals surface area contributed by atoms with Gasteiger partial charge in [0.2, 0.25) is 11.8 Å². The van der Waals surface area contributed by atoms with Crippen molar-refractivity contribution in [1.29, 1.82) is 0 Å². The standard InChI is InChI=1S/C25H33FN4O3/c1-3-4-11-20(17-29(2)33-18-19-9-6-5-7-10-19)25(32)30-15-8-12-22(30)24(31)28-23-14-13-21(26)16-27-23/h5-7,9-10,13-14,16,20,22H,3-4,8,11-12,15,17-18H2,1-2H3,(H,27,28,31)/t20-,22+/m1/s1. The average Bonchev–Trinajstić information content (AvgIpc) is 3.32. The van der Waals surface area contributed by atoms with E-state index in [2.05, 4.69) is 17.2 Å². The molecule has 1 saturated heterocycles. The summed E-state index contributed by atoms with van der Waals surface area (Å²) in [5, 5.41) is 4.43. The van der Waals surface area contributed by atoms with E-state index in [1.54, 1.807) is 9.96 Å². The van der Waals surface area contributed by atoms with Gasteiger partial charge in [0.15, 0.2) is 0 Å². The van der Waals surface area contributed by atoms with Gasteiger partial charge < -0.3 is 10.2 Å². The number of aromatic nitrogens is 1. The van der Waals surface area contributed by atoms with Gasteiger partial charge in [0, 0.05) is 20.1 Å². The number of benzene rings is 1. The largest absolute Gasteiger partial charge is 0.330 e. The third-order valence-corrected chi connectivity index (χ3v) is 5.84. The summed E-state index contributed by atoms with van der Waals surface area (Å²) in [6.45, 7) is 3.53. The molecule has 7 nitrogen and oxygen atoms in total. The number of likely N-dealkylation sites (tertiary alicyclic amines) is 1. The van der Waals surface area contributed by atoms with E-state index in [0.717, 1.165) is 37.4 Å². The number of nitrogens with one attached hydrogen (secondary N) is 1. The molecule has 2 aromatic rings. The number of carbonyl (C=O) groups is 2. The lowest BCUT2D eigenvalue weighted by molar-refractivity contribution is -0.167. The third-order valence-electron chi connectivity index (χ3n) is 5.84. The lowest BCUT2D eigenvalue weighted by atomic mass is 9.99. The minimum Gasteiger partial charge on any atom is -0.330 e. The van der Waals surface area contributed by atoms with Crippen molar-refractivity contribution in [3.05, 3.63) is 60.0 Å². The van der Waals surface area contributed by atoms with Crippen LogP contribution in [0.1, 0.15) is 44.6 Å². The first-order chi connectivity index (χ1) is 16.0. The van der Waals surface area contributed by atoms with Gasteiger partial charge in [-0.2, -0.15) is 5.06 Å². The van der Waals surface area contributed by atoms with Crippen molar-refractivity contribution >= 4 is 17.6 Å². The Kier molecular flexibility index (Phi) is 9.33. The highest BCUT2D eigenvalue weighted by Gasteiger charge is 2.37. The molecule has 1 aromatic heterocycles. The van der Waals surface area contributed by atoms with Crippen molar-refractivity contribution in [2.45, 2.75) is 51.7 Å². The van der Waals surface area contributed by atoms with Crippen LogP contribution in [0.2, 0.25) is 0 Å². The molecule has 0 spiro atoms. The number of hydrogen-bond acceptors (Lipinski definition) is 5. The molecule has 33 heavy (non-hydrogen) atoms. The van der Waals surface area contributed by atoms with Gasteiger partial charge in [-0.3, -0.25) is 14.4 Å². The zero-order valence-electron chi connectivity index (χ0n) is 19.4. The predicted octanol–water partition coefficient (Wildman–Crippen LogP) is 4.02. The minimum absolute atomic E-state index is 0.0247. The molecule has 1 fully saturated rings. The van der Waals surface area contributed by atoms with Crippen LogP contribution in [-0.2, 0) is 21.0 Å². The molecule has 0 unspecified atom stereocenters. The summed E-state index contributed by atoms with van der Waals surface area (Å²) >= 11 is 0. The Morgan fingerprint density at radius 1 is 1.27 bits per heavy atom. The molecule has 1 aliphatic heterocycles. The van der Waals surface area contributed by atoms with Gasteiger partial charge in [-0.05, 0) is 37.0 Å². The molecule has 2 heterocycles. The Balaban J connectivity index is 1.61. The van der Waals surface area contributed by atoms with E-state index >= 15 is 0 Å². The molecule has 178 valence electrons. The van der Waals surface area contributed by atoms with Gasteiger partial charge >= 0.3 is 0 Å². The number of anilines is 1. The lowest BCUT2D eigenvalue weighted by Gasteiger charge is -2.30. The van der Waals surface area contributed by atoms with Gasteiger partial charge in [0.1, 0.15) is 17.7 Å². The molecule has 1 aliphatic rings. The van der Waals surface area contributed by atoms with E-state index in [1.807, 2.05) is 37.4 Å². The Hall–Kier alpha value is -2.84. The first kappa shape index (κ1) is 24.8. The fraction of sp³-hybridized carbons (Fsp3) is 0.480. The van der Waals surface area contributed by atoms with Crippen LogP contribution in [0.5, 0.6) is 0 Å². The molecule has 0 saturated carbocycles. The number of halogens is 1. The van der Waals surface area contributed by atoms with Crippen LogP contribution in [0.15, 0.2) is 48.7 Å². The summed E-state index contributed by atoms with van der Waals surface area (Å²) in [5.41, 5.74) is 1.06. The van der Waals surface area contributed by atoms with Crippen molar-refractivity contribution in [2.75, 3.05) is 25.5 Å². The number of amides is 2. The first-order valence-corrected chi connectivity index (χ1v) is 11.6. The number of unbranched alkanes of at least 4 members (excludes halogenated alkanes) is 1. The van der Waals surface area contributed by atoms with E-state index in [0.29, 0.717) is 26.1 Å². The number of hydroxylamine groups is 2. The van der Waals surface area contributed by atoms with Crippen molar-refractivity contribution in [3.8, 4) is 0 Å². The zero-order valence-corrected chi connectivity index (χ0v) is 19.4. The maximum atomic E-state index is 13.5. The number of hydrogen-bond donors (Lipinski definition) is 1. The summed E-state index contributed by atoms with van der Waals surface area (Å²) < 4.78 is 13.1. The smallest absolute Gasteiger partial charge is 0.248 e. The van der Waals surface area contributed by atoms with E-state index in [1.165, 1.54) is 12.1 Å². The fourth-order valence-corrected chi connectivity index (χ4v) is 4.06. The van der Waals surface area contributed by atoms with Crippen LogP contribution < -0.4 is 5.32 Å². The van der Waals surface area contributed by atoms with Crippen molar-refractivity contribution in [2.24, 2.45) is 5.92 Å². The molecule has 1 N–H and O–H groups in total. The summed E-state index contributed by atoms with van der Waals surface area (Å²) in [4.78, 5) is 37.8. The molecule has 1 aromatic carbocycles. The number of rotatable bonds is 11. The lowest BCUT2D eigenvalue weighted by Crippen LogP contribution is -2.47. The molecule has 8 heteroatoms. The fourth-order valence-electron chi connectivity index (χ4n) is 4.06. The quantitative estimate of drug-likeness (QED) is 0.517. The topological polar surface area (TPSA) is 74.8 Å². The number of carbonyl (C=O) groups excluding carboxylic acids is 2. The van der Waals surface area contributed by atoms with Crippen molar-refractivity contribution in [3.63, 3.8) is 0 Å². The highest BCUT2D eigenvalue weighted by Crippen LogP contribution is 2.24. The zero-order chi connectivity index (χ0) is 23.6. The second kappa shape index (κ2) is 12.4. The van der Waals surface area contributed by atoms with Gasteiger partial charge in [-0.15, -0.1) is 0 Å². The molecule has 0 bridgehead atoms. The SMILES string of the molecule is CCCC[C@H](CN(C)OCc1ccccc1)C(=O)N1CCC[C@H]1C(=O)Nc1ccc(F)cn1. The Morgan fingerprint density at radius 3 is 2.76 bits per heavy atom. The van der Waals surface area contributed by atoms with E-state index < -0.39 is 11.9 Å². The van der Waals surface area contributed by atoms with Crippen LogP contribution in [0, 0.1) is 11.7 Å². The molecule has 2 atom stereocenters. The van der Waals surface area contributed by atoms with Crippen LogP contribution in [0.3, 0.4) is 0 Å². The van der Waals surface area contributed by atoms with E-state index in [9.17, 15) is 14.0 Å². The average molecular weight is 457 g/mol. The molecule has 2 amide bonds. The van der Waals surface area contributed by atoms with Crippen LogP contribution >= 0.6 is 0 Å². The van der Waals surface area contributed by atoms with Gasteiger partial charge in [-0.1, -0.05) is 50.1 Å². The van der Waals surface area contributed by atoms with Gasteiger partial charge in [0.05, 0.1) is 18.7 Å². The predicted molar refractivity (Wildman–Crippen MR) is 124 cm³/mol. The second-order valence-corrected chi connectivity index (χ2v) is 8.45. The minimum atomic E-state index is -0.552. The highest BCUT2D eigenvalue weighted by molar-refractivity contribution is 5.97.